The summed E-state index contributed by atoms with van der Waals surface area (Å²) < 4.78 is 15.7. The summed E-state index contributed by atoms with van der Waals surface area (Å²) >= 11 is 0. The van der Waals surface area contributed by atoms with E-state index in [9.17, 15) is 4.79 Å². The maximum Gasteiger partial charge on any atom is 0.302 e. The van der Waals surface area contributed by atoms with Crippen LogP contribution in [0.4, 0.5) is 0 Å². The first-order valence-electron chi connectivity index (χ1n) is 6.58. The summed E-state index contributed by atoms with van der Waals surface area (Å²) in [7, 11) is 0. The van der Waals surface area contributed by atoms with E-state index in [1.165, 1.54) is 12.3 Å². The van der Waals surface area contributed by atoms with Crippen LogP contribution < -0.4 is 4.74 Å². The second-order valence-electron chi connectivity index (χ2n) is 4.31. The van der Waals surface area contributed by atoms with Crippen LogP contribution >= 0.6 is 0 Å². The molecule has 106 valence electrons. The van der Waals surface area contributed by atoms with E-state index in [1.807, 2.05) is 30.3 Å². The zero-order valence-electron chi connectivity index (χ0n) is 11.5. The van der Waals surface area contributed by atoms with E-state index in [4.69, 9.17) is 14.2 Å². The Bertz CT molecular complexity index is 565. The van der Waals surface area contributed by atoms with Crippen LogP contribution in [-0.2, 0) is 14.3 Å². The van der Waals surface area contributed by atoms with Gasteiger partial charge >= 0.3 is 5.97 Å². The third-order valence-electron chi connectivity index (χ3n) is 2.75. The topological polar surface area (TPSA) is 44.8 Å². The van der Waals surface area contributed by atoms with Gasteiger partial charge in [0.1, 0.15) is 19.0 Å². The SMILES string of the molecule is CC(=O)OCCOCCOc1ccc2ccccc2c1. The van der Waals surface area contributed by atoms with Gasteiger partial charge < -0.3 is 14.2 Å². The molecule has 0 aliphatic carbocycles. The summed E-state index contributed by atoms with van der Waals surface area (Å²) in [5.41, 5.74) is 0. The maximum absolute atomic E-state index is 10.5. The van der Waals surface area contributed by atoms with Gasteiger partial charge in [0.05, 0.1) is 13.2 Å². The van der Waals surface area contributed by atoms with E-state index in [0.29, 0.717) is 19.8 Å². The molecular weight excluding hydrogens is 256 g/mol. The molecule has 2 aromatic rings. The van der Waals surface area contributed by atoms with Crippen LogP contribution in [-0.4, -0.2) is 32.4 Å². The predicted octanol–water partition coefficient (Wildman–Crippen LogP) is 2.80. The summed E-state index contributed by atoms with van der Waals surface area (Å²) in [5, 5.41) is 2.35. The molecule has 0 fully saturated rings. The van der Waals surface area contributed by atoms with Gasteiger partial charge in [-0.1, -0.05) is 30.3 Å². The standard InChI is InChI=1S/C16H18O4/c1-13(17)19-10-8-18-9-11-20-16-7-6-14-4-2-3-5-15(14)12-16/h2-7,12H,8-11H2,1H3. The van der Waals surface area contributed by atoms with E-state index in [0.717, 1.165) is 11.1 Å². The highest BCUT2D eigenvalue weighted by Gasteiger charge is 1.97. The van der Waals surface area contributed by atoms with Crippen LogP contribution in [0, 0.1) is 0 Å². The van der Waals surface area contributed by atoms with Gasteiger partial charge in [0, 0.05) is 6.92 Å². The van der Waals surface area contributed by atoms with Crippen molar-refractivity contribution in [2.45, 2.75) is 6.92 Å². The van der Waals surface area contributed by atoms with Crippen LogP contribution in [0.3, 0.4) is 0 Å². The second kappa shape index (κ2) is 7.50. The van der Waals surface area contributed by atoms with Gasteiger partial charge in [-0.3, -0.25) is 4.79 Å². The molecule has 4 nitrogen and oxygen atoms in total. The quantitative estimate of drug-likeness (QED) is 0.575. The molecule has 2 rings (SSSR count). The number of esters is 1. The van der Waals surface area contributed by atoms with E-state index in [-0.39, 0.29) is 12.6 Å². The Hall–Kier alpha value is -2.07. The number of rotatable bonds is 7. The minimum Gasteiger partial charge on any atom is -0.491 e. The largest absolute Gasteiger partial charge is 0.491 e. The van der Waals surface area contributed by atoms with Crippen molar-refractivity contribution in [3.05, 3.63) is 42.5 Å². The van der Waals surface area contributed by atoms with Gasteiger partial charge in [-0.05, 0) is 22.9 Å². The van der Waals surface area contributed by atoms with E-state index < -0.39 is 0 Å². The van der Waals surface area contributed by atoms with Gasteiger partial charge in [-0.25, -0.2) is 0 Å². The van der Waals surface area contributed by atoms with E-state index in [2.05, 4.69) is 12.1 Å². The Morgan fingerprint density at radius 3 is 2.50 bits per heavy atom. The van der Waals surface area contributed by atoms with Crippen molar-refractivity contribution in [1.82, 2.24) is 0 Å². The summed E-state index contributed by atoms with van der Waals surface area (Å²) in [6, 6.07) is 14.1. The van der Waals surface area contributed by atoms with Crippen LogP contribution in [0.5, 0.6) is 5.75 Å². The Morgan fingerprint density at radius 2 is 1.70 bits per heavy atom. The normalized spacial score (nSPS) is 10.4. The molecule has 0 saturated heterocycles. The molecule has 0 aliphatic rings. The van der Waals surface area contributed by atoms with Crippen molar-refractivity contribution in [2.24, 2.45) is 0 Å². The van der Waals surface area contributed by atoms with Gasteiger partial charge in [0.25, 0.3) is 0 Å². The highest BCUT2D eigenvalue weighted by Crippen LogP contribution is 2.20. The Balaban J connectivity index is 1.69. The molecule has 0 unspecified atom stereocenters. The zero-order chi connectivity index (χ0) is 14.2. The molecule has 0 atom stereocenters. The molecule has 2 aromatic carbocycles. The first-order chi connectivity index (χ1) is 9.75. The number of benzene rings is 2. The average Bonchev–Trinajstić information content (AvgIpc) is 2.46. The molecule has 0 saturated carbocycles. The monoisotopic (exact) mass is 274 g/mol. The predicted molar refractivity (Wildman–Crippen MR) is 76.9 cm³/mol. The van der Waals surface area contributed by atoms with Crippen LogP contribution in [0.15, 0.2) is 42.5 Å². The van der Waals surface area contributed by atoms with Crippen molar-refractivity contribution in [3.63, 3.8) is 0 Å². The average molecular weight is 274 g/mol. The molecule has 0 spiro atoms. The summed E-state index contributed by atoms with van der Waals surface area (Å²) in [4.78, 5) is 10.5. The molecular formula is C16H18O4. The summed E-state index contributed by atoms with van der Waals surface area (Å²) in [5.74, 6) is 0.535. The van der Waals surface area contributed by atoms with Crippen molar-refractivity contribution >= 4 is 16.7 Å². The Labute approximate surface area is 118 Å². The summed E-state index contributed by atoms with van der Waals surface area (Å²) in [6.07, 6.45) is 0. The lowest BCUT2D eigenvalue weighted by atomic mass is 10.1. The van der Waals surface area contributed by atoms with Gasteiger partial charge in [-0.15, -0.1) is 0 Å². The van der Waals surface area contributed by atoms with Crippen molar-refractivity contribution < 1.29 is 19.0 Å². The molecule has 0 radical (unpaired) electrons. The Morgan fingerprint density at radius 1 is 0.950 bits per heavy atom. The fourth-order valence-electron chi connectivity index (χ4n) is 1.82. The molecule has 0 aliphatic heterocycles. The minimum atomic E-state index is -0.291. The molecule has 0 bridgehead atoms. The van der Waals surface area contributed by atoms with Crippen molar-refractivity contribution in [3.8, 4) is 5.75 Å². The van der Waals surface area contributed by atoms with Crippen LogP contribution in [0.2, 0.25) is 0 Å². The van der Waals surface area contributed by atoms with Crippen LogP contribution in [0.1, 0.15) is 6.92 Å². The number of carbonyl (C=O) groups excluding carboxylic acids is 1. The lowest BCUT2D eigenvalue weighted by Crippen LogP contribution is -2.12. The number of carbonyl (C=O) groups is 1. The minimum absolute atomic E-state index is 0.283. The molecule has 0 aromatic heterocycles. The molecule has 20 heavy (non-hydrogen) atoms. The van der Waals surface area contributed by atoms with Gasteiger partial charge in [0.15, 0.2) is 0 Å². The smallest absolute Gasteiger partial charge is 0.302 e. The van der Waals surface area contributed by atoms with E-state index in [1.54, 1.807) is 0 Å². The van der Waals surface area contributed by atoms with Gasteiger partial charge in [0.2, 0.25) is 0 Å². The number of hydrogen-bond donors (Lipinski definition) is 0. The third kappa shape index (κ3) is 4.55. The number of hydrogen-bond acceptors (Lipinski definition) is 4. The maximum atomic E-state index is 10.5. The second-order valence-corrected chi connectivity index (χ2v) is 4.31. The summed E-state index contributed by atoms with van der Waals surface area (Å²) in [6.45, 7) is 2.99. The first-order valence-corrected chi connectivity index (χ1v) is 6.58. The molecule has 4 heteroatoms. The van der Waals surface area contributed by atoms with Crippen molar-refractivity contribution in [1.29, 1.82) is 0 Å². The fraction of sp³-hybridized carbons (Fsp3) is 0.312. The zero-order valence-corrected chi connectivity index (χ0v) is 11.5. The molecule has 0 N–H and O–H groups in total. The number of fused-ring (bicyclic) bond motifs is 1. The fourth-order valence-corrected chi connectivity index (χ4v) is 1.82. The highest BCUT2D eigenvalue weighted by atomic mass is 16.6. The highest BCUT2D eigenvalue weighted by molar-refractivity contribution is 5.83. The lowest BCUT2D eigenvalue weighted by Gasteiger charge is -2.08. The van der Waals surface area contributed by atoms with Crippen molar-refractivity contribution in [2.75, 3.05) is 26.4 Å². The first kappa shape index (κ1) is 14.3. The molecule has 0 heterocycles. The lowest BCUT2D eigenvalue weighted by molar-refractivity contribution is -0.142. The van der Waals surface area contributed by atoms with Gasteiger partial charge in [-0.2, -0.15) is 0 Å². The Kier molecular flexibility index (Phi) is 5.38. The van der Waals surface area contributed by atoms with E-state index >= 15 is 0 Å². The molecule has 0 amide bonds. The third-order valence-corrected chi connectivity index (χ3v) is 2.75. The van der Waals surface area contributed by atoms with Crippen LogP contribution in [0.25, 0.3) is 10.8 Å². The number of ether oxygens (including phenoxy) is 3.